The van der Waals surface area contributed by atoms with E-state index in [-0.39, 0.29) is 5.91 Å². The van der Waals surface area contributed by atoms with Crippen molar-refractivity contribution < 1.29 is 9.53 Å². The van der Waals surface area contributed by atoms with E-state index in [0.717, 1.165) is 6.54 Å². The lowest BCUT2D eigenvalue weighted by Crippen LogP contribution is -2.38. The fourth-order valence-corrected chi connectivity index (χ4v) is 0.839. The molecule has 0 saturated carbocycles. The molecule has 13 heavy (non-hydrogen) atoms. The van der Waals surface area contributed by atoms with Crippen LogP contribution in [0.25, 0.3) is 0 Å². The molecule has 0 unspecified atom stereocenters. The van der Waals surface area contributed by atoms with Crippen LogP contribution in [0.5, 0.6) is 0 Å². The minimum atomic E-state index is 0.00375. The summed E-state index contributed by atoms with van der Waals surface area (Å²) >= 11 is 0. The van der Waals surface area contributed by atoms with Crippen LogP contribution in [0, 0.1) is 0 Å². The topological polar surface area (TPSA) is 67.6 Å². The number of methoxy groups -OCH3 is 1. The van der Waals surface area contributed by atoms with Crippen molar-refractivity contribution >= 4 is 5.91 Å². The number of hydrogen-bond donors (Lipinski definition) is 2. The summed E-state index contributed by atoms with van der Waals surface area (Å²) in [5, 5.41) is 2.69. The predicted octanol–water partition coefficient (Wildman–Crippen LogP) is -1.36. The van der Waals surface area contributed by atoms with Crippen molar-refractivity contribution in [3.8, 4) is 0 Å². The van der Waals surface area contributed by atoms with Crippen LogP contribution in [0.15, 0.2) is 0 Å². The number of nitrogens with two attached hydrogens (primary N) is 1. The molecule has 0 aliphatic rings. The summed E-state index contributed by atoms with van der Waals surface area (Å²) in [4.78, 5) is 13.0. The van der Waals surface area contributed by atoms with E-state index in [1.807, 2.05) is 11.9 Å². The Morgan fingerprint density at radius 2 is 2.31 bits per heavy atom. The summed E-state index contributed by atoms with van der Waals surface area (Å²) in [6.45, 7) is 2.81. The summed E-state index contributed by atoms with van der Waals surface area (Å²) in [5.74, 6) is 0.00375. The molecule has 0 rings (SSSR count). The van der Waals surface area contributed by atoms with Gasteiger partial charge in [0.15, 0.2) is 0 Å². The third kappa shape index (κ3) is 7.70. The van der Waals surface area contributed by atoms with Crippen LogP contribution < -0.4 is 11.1 Å². The number of carbonyl (C=O) groups is 1. The van der Waals surface area contributed by atoms with Gasteiger partial charge in [-0.05, 0) is 7.05 Å². The molecule has 0 spiro atoms. The average Bonchev–Trinajstić information content (AvgIpc) is 2.11. The number of hydrogen-bond acceptors (Lipinski definition) is 4. The highest BCUT2D eigenvalue weighted by Crippen LogP contribution is 1.81. The van der Waals surface area contributed by atoms with E-state index in [9.17, 15) is 4.79 Å². The molecule has 0 atom stereocenters. The van der Waals surface area contributed by atoms with Gasteiger partial charge in [0, 0.05) is 26.7 Å². The molecular weight excluding hydrogens is 170 g/mol. The van der Waals surface area contributed by atoms with Gasteiger partial charge in [-0.2, -0.15) is 0 Å². The van der Waals surface area contributed by atoms with Crippen LogP contribution in [0.4, 0.5) is 0 Å². The number of likely N-dealkylation sites (N-methyl/N-ethyl adjacent to an activating group) is 1. The van der Waals surface area contributed by atoms with Crippen molar-refractivity contribution in [3.63, 3.8) is 0 Å². The van der Waals surface area contributed by atoms with Crippen molar-refractivity contribution in [1.82, 2.24) is 10.2 Å². The average molecular weight is 189 g/mol. The first-order valence-corrected chi connectivity index (χ1v) is 4.35. The largest absolute Gasteiger partial charge is 0.383 e. The fraction of sp³-hybridized carbons (Fsp3) is 0.875. The molecule has 0 fully saturated rings. The maximum absolute atomic E-state index is 11.1. The Kier molecular flexibility index (Phi) is 7.57. The second-order valence-corrected chi connectivity index (χ2v) is 2.87. The second-order valence-electron chi connectivity index (χ2n) is 2.87. The Hall–Kier alpha value is -0.650. The summed E-state index contributed by atoms with van der Waals surface area (Å²) in [6, 6.07) is 0. The van der Waals surface area contributed by atoms with Crippen molar-refractivity contribution in [3.05, 3.63) is 0 Å². The molecule has 1 amide bonds. The van der Waals surface area contributed by atoms with Crippen molar-refractivity contribution in [2.24, 2.45) is 5.73 Å². The second kappa shape index (κ2) is 7.97. The first kappa shape index (κ1) is 12.3. The molecule has 5 nitrogen and oxygen atoms in total. The van der Waals surface area contributed by atoms with Gasteiger partial charge in [-0.1, -0.05) is 0 Å². The molecule has 0 aliphatic carbocycles. The highest BCUT2D eigenvalue weighted by molar-refractivity contribution is 5.77. The lowest BCUT2D eigenvalue weighted by molar-refractivity contribution is -0.122. The predicted molar refractivity (Wildman–Crippen MR) is 51.4 cm³/mol. The van der Waals surface area contributed by atoms with E-state index in [4.69, 9.17) is 10.5 Å². The summed E-state index contributed by atoms with van der Waals surface area (Å²) in [5.41, 5.74) is 5.24. The standard InChI is InChI=1S/C8H19N3O2/c1-11(5-6-13-2)7-8(12)10-4-3-9/h3-7,9H2,1-2H3,(H,10,12). The molecule has 0 heterocycles. The lowest BCUT2D eigenvalue weighted by Gasteiger charge is -2.15. The maximum atomic E-state index is 11.1. The third-order valence-corrected chi connectivity index (χ3v) is 1.56. The summed E-state index contributed by atoms with van der Waals surface area (Å²) in [7, 11) is 3.52. The zero-order chi connectivity index (χ0) is 10.1. The summed E-state index contributed by atoms with van der Waals surface area (Å²) in [6.07, 6.45) is 0. The molecular formula is C8H19N3O2. The highest BCUT2D eigenvalue weighted by atomic mass is 16.5. The van der Waals surface area contributed by atoms with Gasteiger partial charge in [0.25, 0.3) is 0 Å². The van der Waals surface area contributed by atoms with Gasteiger partial charge >= 0.3 is 0 Å². The number of carbonyl (C=O) groups excluding carboxylic acids is 1. The van der Waals surface area contributed by atoms with Gasteiger partial charge in [-0.15, -0.1) is 0 Å². The van der Waals surface area contributed by atoms with Crippen molar-refractivity contribution in [2.75, 3.05) is 46.9 Å². The number of nitrogens with one attached hydrogen (secondary N) is 1. The molecule has 0 aromatic carbocycles. The highest BCUT2D eigenvalue weighted by Gasteiger charge is 2.04. The molecule has 0 bridgehead atoms. The molecule has 0 aromatic heterocycles. The van der Waals surface area contributed by atoms with Gasteiger partial charge in [-0.3, -0.25) is 9.69 Å². The molecule has 0 aliphatic heterocycles. The van der Waals surface area contributed by atoms with Crippen LogP contribution in [0.2, 0.25) is 0 Å². The number of ether oxygens (including phenoxy) is 1. The molecule has 78 valence electrons. The number of nitrogens with zero attached hydrogens (tertiary/aromatic N) is 1. The Morgan fingerprint density at radius 1 is 1.62 bits per heavy atom. The zero-order valence-corrected chi connectivity index (χ0v) is 8.38. The maximum Gasteiger partial charge on any atom is 0.234 e. The SMILES string of the molecule is COCCN(C)CC(=O)NCCN. The van der Waals surface area contributed by atoms with Crippen LogP contribution >= 0.6 is 0 Å². The number of amides is 1. The van der Waals surface area contributed by atoms with E-state index < -0.39 is 0 Å². The normalized spacial score (nSPS) is 10.5. The minimum Gasteiger partial charge on any atom is -0.383 e. The van der Waals surface area contributed by atoms with Gasteiger partial charge < -0.3 is 15.8 Å². The molecule has 0 radical (unpaired) electrons. The fourth-order valence-electron chi connectivity index (χ4n) is 0.839. The number of rotatable bonds is 7. The third-order valence-electron chi connectivity index (χ3n) is 1.56. The van der Waals surface area contributed by atoms with Gasteiger partial charge in [0.1, 0.15) is 0 Å². The smallest absolute Gasteiger partial charge is 0.234 e. The van der Waals surface area contributed by atoms with Gasteiger partial charge in [0.05, 0.1) is 13.2 Å². The Morgan fingerprint density at radius 3 is 2.85 bits per heavy atom. The molecule has 0 aromatic rings. The first-order valence-electron chi connectivity index (χ1n) is 4.35. The van der Waals surface area contributed by atoms with Crippen LogP contribution in [0.1, 0.15) is 0 Å². The van der Waals surface area contributed by atoms with Crippen LogP contribution in [-0.4, -0.2) is 57.8 Å². The van der Waals surface area contributed by atoms with E-state index in [2.05, 4.69) is 5.32 Å². The Labute approximate surface area is 79.2 Å². The monoisotopic (exact) mass is 189 g/mol. The van der Waals surface area contributed by atoms with E-state index in [1.165, 1.54) is 0 Å². The lowest BCUT2D eigenvalue weighted by atomic mass is 10.5. The Bertz CT molecular complexity index is 141. The zero-order valence-electron chi connectivity index (χ0n) is 8.38. The van der Waals surface area contributed by atoms with E-state index in [1.54, 1.807) is 7.11 Å². The van der Waals surface area contributed by atoms with Crippen LogP contribution in [0.3, 0.4) is 0 Å². The van der Waals surface area contributed by atoms with Crippen molar-refractivity contribution in [1.29, 1.82) is 0 Å². The first-order chi connectivity index (χ1) is 6.20. The van der Waals surface area contributed by atoms with Crippen molar-refractivity contribution in [2.45, 2.75) is 0 Å². The van der Waals surface area contributed by atoms with E-state index >= 15 is 0 Å². The van der Waals surface area contributed by atoms with Gasteiger partial charge in [0.2, 0.25) is 5.91 Å². The van der Waals surface area contributed by atoms with E-state index in [0.29, 0.717) is 26.2 Å². The molecule has 0 saturated heterocycles. The minimum absolute atomic E-state index is 0.00375. The summed E-state index contributed by atoms with van der Waals surface area (Å²) < 4.78 is 4.88. The van der Waals surface area contributed by atoms with Gasteiger partial charge in [-0.25, -0.2) is 0 Å². The molecule has 5 heteroatoms. The van der Waals surface area contributed by atoms with Crippen LogP contribution in [-0.2, 0) is 9.53 Å². The quantitative estimate of drug-likeness (QED) is 0.519. The Balaban J connectivity index is 3.41. The molecule has 3 N–H and O–H groups in total.